The number of aryl methyl sites for hydroxylation is 2. The normalized spacial score (nSPS) is 10.6. The third kappa shape index (κ3) is 3.56. The maximum absolute atomic E-state index is 12.4. The smallest absolute Gasteiger partial charge is 0.272 e. The van der Waals surface area contributed by atoms with E-state index in [1.807, 2.05) is 24.8 Å². The van der Waals surface area contributed by atoms with Crippen LogP contribution < -0.4 is 0 Å². The predicted molar refractivity (Wildman–Crippen MR) is 72.6 cm³/mol. The van der Waals surface area contributed by atoms with Crippen molar-refractivity contribution in [3.63, 3.8) is 0 Å². The maximum atomic E-state index is 12.4. The molecule has 1 heterocycles. The second-order valence-corrected chi connectivity index (χ2v) is 4.76. The molecule has 4 nitrogen and oxygen atoms in total. The summed E-state index contributed by atoms with van der Waals surface area (Å²) in [6.45, 7) is 8.24. The van der Waals surface area contributed by atoms with Gasteiger partial charge in [-0.05, 0) is 26.3 Å². The lowest BCUT2D eigenvalue weighted by molar-refractivity contribution is 0.0754. The molecule has 17 heavy (non-hydrogen) atoms. The summed E-state index contributed by atoms with van der Waals surface area (Å²) in [4.78, 5) is 14.2. The van der Waals surface area contributed by atoms with Gasteiger partial charge >= 0.3 is 0 Å². The number of hydrogen-bond acceptors (Lipinski definition) is 2. The predicted octanol–water partition coefficient (Wildman–Crippen LogP) is 2.46. The molecule has 0 saturated carbocycles. The van der Waals surface area contributed by atoms with Crippen molar-refractivity contribution in [1.29, 1.82) is 0 Å². The minimum atomic E-state index is 0.0775. The lowest BCUT2D eigenvalue weighted by Crippen LogP contribution is -2.34. The summed E-state index contributed by atoms with van der Waals surface area (Å²) < 4.78 is 1.77. The first-order valence-electron chi connectivity index (χ1n) is 6.03. The monoisotopic (exact) mass is 301 g/mol. The molecule has 0 N–H and O–H groups in total. The molecule has 5 heteroatoms. The lowest BCUT2D eigenvalue weighted by Gasteiger charge is -2.21. The number of amides is 1. The van der Waals surface area contributed by atoms with Crippen molar-refractivity contribution in [2.45, 2.75) is 33.7 Å². The minimum absolute atomic E-state index is 0.0775. The van der Waals surface area contributed by atoms with E-state index in [9.17, 15) is 4.79 Å². The highest BCUT2D eigenvalue weighted by molar-refractivity contribution is 9.09. The third-order valence-electron chi connectivity index (χ3n) is 2.56. The molecule has 0 unspecified atom stereocenters. The van der Waals surface area contributed by atoms with E-state index in [0.717, 1.165) is 37.1 Å². The van der Waals surface area contributed by atoms with E-state index >= 15 is 0 Å². The molecule has 0 spiro atoms. The first-order chi connectivity index (χ1) is 8.13. The standard InChI is InChI=1S/C12H20BrN3O/c1-4-7-15(8-6-13)12(17)11-9-10(3)14-16(11)5-2/h9H,4-8H2,1-3H3. The Morgan fingerprint density at radius 1 is 1.47 bits per heavy atom. The van der Waals surface area contributed by atoms with Crippen LogP contribution in [0, 0.1) is 6.92 Å². The zero-order chi connectivity index (χ0) is 12.8. The highest BCUT2D eigenvalue weighted by atomic mass is 79.9. The second-order valence-electron chi connectivity index (χ2n) is 3.97. The first kappa shape index (κ1) is 14.2. The van der Waals surface area contributed by atoms with Crippen molar-refractivity contribution < 1.29 is 4.79 Å². The SMILES string of the molecule is CCCN(CCBr)C(=O)c1cc(C)nn1CC. The Labute approximate surface area is 111 Å². The van der Waals surface area contributed by atoms with E-state index in [0.29, 0.717) is 5.69 Å². The summed E-state index contributed by atoms with van der Waals surface area (Å²) in [5.74, 6) is 0.0775. The van der Waals surface area contributed by atoms with Crippen LogP contribution in [0.2, 0.25) is 0 Å². The Bertz CT molecular complexity index is 370. The summed E-state index contributed by atoms with van der Waals surface area (Å²) >= 11 is 3.39. The molecule has 0 saturated heterocycles. The number of carbonyl (C=O) groups excluding carboxylic acids is 1. The fourth-order valence-electron chi connectivity index (χ4n) is 1.81. The van der Waals surface area contributed by atoms with E-state index in [1.165, 1.54) is 0 Å². The Kier molecular flexibility index (Phi) is 5.68. The van der Waals surface area contributed by atoms with Crippen LogP contribution in [0.4, 0.5) is 0 Å². The molecule has 0 atom stereocenters. The van der Waals surface area contributed by atoms with Gasteiger partial charge in [0.1, 0.15) is 5.69 Å². The van der Waals surface area contributed by atoms with Gasteiger partial charge < -0.3 is 4.90 Å². The van der Waals surface area contributed by atoms with Crippen molar-refractivity contribution in [2.75, 3.05) is 18.4 Å². The number of nitrogens with zero attached hydrogens (tertiary/aromatic N) is 3. The number of aromatic nitrogens is 2. The molecule has 0 bridgehead atoms. The highest BCUT2D eigenvalue weighted by Gasteiger charge is 2.19. The van der Waals surface area contributed by atoms with Crippen LogP contribution in [0.5, 0.6) is 0 Å². The molecule has 0 radical (unpaired) electrons. The summed E-state index contributed by atoms with van der Waals surface area (Å²) in [5, 5.41) is 5.11. The van der Waals surface area contributed by atoms with Gasteiger partial charge in [-0.1, -0.05) is 22.9 Å². The van der Waals surface area contributed by atoms with Crippen LogP contribution in [-0.4, -0.2) is 39.0 Å². The van der Waals surface area contributed by atoms with Crippen LogP contribution in [0.3, 0.4) is 0 Å². The molecule has 0 aliphatic heterocycles. The fourth-order valence-corrected chi connectivity index (χ4v) is 2.24. The van der Waals surface area contributed by atoms with Gasteiger partial charge in [-0.15, -0.1) is 0 Å². The van der Waals surface area contributed by atoms with E-state index in [2.05, 4.69) is 28.0 Å². The Morgan fingerprint density at radius 2 is 2.18 bits per heavy atom. The molecule has 0 fully saturated rings. The van der Waals surface area contributed by atoms with Crippen LogP contribution in [0.25, 0.3) is 0 Å². The first-order valence-corrected chi connectivity index (χ1v) is 7.15. The third-order valence-corrected chi connectivity index (χ3v) is 2.91. The largest absolute Gasteiger partial charge is 0.336 e. The van der Waals surface area contributed by atoms with Crippen LogP contribution in [-0.2, 0) is 6.54 Å². The highest BCUT2D eigenvalue weighted by Crippen LogP contribution is 2.09. The van der Waals surface area contributed by atoms with Gasteiger partial charge in [0, 0.05) is 25.0 Å². The lowest BCUT2D eigenvalue weighted by atomic mass is 10.3. The number of rotatable bonds is 6. The van der Waals surface area contributed by atoms with Crippen molar-refractivity contribution in [1.82, 2.24) is 14.7 Å². The zero-order valence-corrected chi connectivity index (χ0v) is 12.3. The fraction of sp³-hybridized carbons (Fsp3) is 0.667. The summed E-state index contributed by atoms with van der Waals surface area (Å²) in [6.07, 6.45) is 0.970. The molecular weight excluding hydrogens is 282 g/mol. The van der Waals surface area contributed by atoms with Gasteiger partial charge in [0.05, 0.1) is 5.69 Å². The van der Waals surface area contributed by atoms with Gasteiger partial charge in [-0.2, -0.15) is 5.10 Å². The maximum Gasteiger partial charge on any atom is 0.272 e. The second kappa shape index (κ2) is 6.79. The van der Waals surface area contributed by atoms with Gasteiger partial charge in [-0.25, -0.2) is 0 Å². The van der Waals surface area contributed by atoms with E-state index < -0.39 is 0 Å². The summed E-state index contributed by atoms with van der Waals surface area (Å²) in [6, 6.07) is 1.86. The van der Waals surface area contributed by atoms with Gasteiger partial charge in [0.25, 0.3) is 5.91 Å². The molecular formula is C12H20BrN3O. The van der Waals surface area contributed by atoms with Crippen molar-refractivity contribution in [3.8, 4) is 0 Å². The molecule has 0 aliphatic rings. The molecule has 1 aromatic rings. The van der Waals surface area contributed by atoms with Crippen LogP contribution in [0.15, 0.2) is 6.07 Å². The summed E-state index contributed by atoms with van der Waals surface area (Å²) in [7, 11) is 0. The quantitative estimate of drug-likeness (QED) is 0.757. The topological polar surface area (TPSA) is 38.1 Å². The van der Waals surface area contributed by atoms with Crippen molar-refractivity contribution >= 4 is 21.8 Å². The van der Waals surface area contributed by atoms with Crippen molar-refractivity contribution in [3.05, 3.63) is 17.5 Å². The average Bonchev–Trinajstić information content (AvgIpc) is 2.69. The number of hydrogen-bond donors (Lipinski definition) is 0. The Morgan fingerprint density at radius 3 is 2.71 bits per heavy atom. The van der Waals surface area contributed by atoms with Crippen LogP contribution >= 0.6 is 15.9 Å². The average molecular weight is 302 g/mol. The summed E-state index contributed by atoms with van der Waals surface area (Å²) in [5.41, 5.74) is 1.59. The molecule has 1 amide bonds. The minimum Gasteiger partial charge on any atom is -0.336 e. The van der Waals surface area contributed by atoms with E-state index in [-0.39, 0.29) is 5.91 Å². The van der Waals surface area contributed by atoms with Gasteiger partial charge in [0.2, 0.25) is 0 Å². The van der Waals surface area contributed by atoms with E-state index in [4.69, 9.17) is 0 Å². The number of carbonyl (C=O) groups is 1. The Balaban J connectivity index is 2.91. The molecule has 96 valence electrons. The van der Waals surface area contributed by atoms with Crippen molar-refractivity contribution in [2.24, 2.45) is 0 Å². The zero-order valence-electron chi connectivity index (χ0n) is 10.7. The number of alkyl halides is 1. The molecule has 0 aromatic carbocycles. The molecule has 1 rings (SSSR count). The Hall–Kier alpha value is -0.840. The van der Waals surface area contributed by atoms with E-state index in [1.54, 1.807) is 4.68 Å². The number of halogens is 1. The van der Waals surface area contributed by atoms with Gasteiger partial charge in [0.15, 0.2) is 0 Å². The molecule has 0 aliphatic carbocycles. The van der Waals surface area contributed by atoms with Gasteiger partial charge in [-0.3, -0.25) is 9.48 Å². The van der Waals surface area contributed by atoms with Crippen LogP contribution in [0.1, 0.15) is 36.5 Å². The molecule has 1 aromatic heterocycles.